The third kappa shape index (κ3) is 4.87. The van der Waals surface area contributed by atoms with Crippen LogP contribution in [0.5, 0.6) is 17.2 Å². The van der Waals surface area contributed by atoms with Crippen LogP contribution < -0.4 is 19.5 Å². The number of amides is 1. The molecule has 0 unspecified atom stereocenters. The number of benzene rings is 2. The molecule has 1 heterocycles. The minimum absolute atomic E-state index is 0.0683. The van der Waals surface area contributed by atoms with E-state index in [0.717, 1.165) is 10.6 Å². The predicted molar refractivity (Wildman–Crippen MR) is 112 cm³/mol. The van der Waals surface area contributed by atoms with Crippen LogP contribution in [-0.4, -0.2) is 49.3 Å². The summed E-state index contributed by atoms with van der Waals surface area (Å²) in [6.07, 6.45) is -1.14. The number of ketones is 1. The maximum absolute atomic E-state index is 13.0. The molecule has 2 aromatic carbocycles. The molecule has 9 heteroatoms. The van der Waals surface area contributed by atoms with Crippen molar-refractivity contribution >= 4 is 23.2 Å². The van der Waals surface area contributed by atoms with Crippen LogP contribution in [-0.2, 0) is 0 Å². The quantitative estimate of drug-likeness (QED) is 0.395. The van der Waals surface area contributed by atoms with Crippen molar-refractivity contribution in [2.24, 2.45) is 0 Å². The second-order valence-electron chi connectivity index (χ2n) is 6.02. The Balaban J connectivity index is 1.84. The number of hydrogen-bond donors (Lipinski definition) is 2. The van der Waals surface area contributed by atoms with Gasteiger partial charge in [0.1, 0.15) is 17.3 Å². The van der Waals surface area contributed by atoms with Crippen molar-refractivity contribution in [2.45, 2.75) is 0 Å². The zero-order valence-electron chi connectivity index (χ0n) is 16.4. The molecule has 0 fully saturated rings. The minimum atomic E-state index is -1.14. The maximum atomic E-state index is 13.0. The standard InChI is InChI=1S/C21H20N2O6S/c1-27-16-10-14(11-17(28-2)19(16)29-9-8-22-21(25)26)18(24)15-12-30-20(23-15)13-6-4-3-5-7-13/h3-7,10-12,22H,8-9H2,1-2H3,(H,25,26). The molecule has 156 valence electrons. The van der Waals surface area contributed by atoms with E-state index in [0.29, 0.717) is 22.8 Å². The molecule has 0 spiro atoms. The van der Waals surface area contributed by atoms with Crippen LogP contribution in [0.15, 0.2) is 47.8 Å². The summed E-state index contributed by atoms with van der Waals surface area (Å²) < 4.78 is 16.3. The molecule has 1 aromatic heterocycles. The van der Waals surface area contributed by atoms with E-state index in [1.807, 2.05) is 30.3 Å². The molecular formula is C21H20N2O6S. The Morgan fingerprint density at radius 1 is 1.10 bits per heavy atom. The summed E-state index contributed by atoms with van der Waals surface area (Å²) in [5, 5.41) is 13.3. The third-order valence-corrected chi connectivity index (χ3v) is 5.00. The molecule has 2 N–H and O–H groups in total. The summed E-state index contributed by atoms with van der Waals surface area (Å²) in [4.78, 5) is 28.0. The smallest absolute Gasteiger partial charge is 0.404 e. The number of carboxylic acid groups (broad SMARTS) is 1. The Labute approximate surface area is 177 Å². The third-order valence-electron chi connectivity index (χ3n) is 4.11. The normalized spacial score (nSPS) is 10.3. The Bertz CT molecular complexity index is 1010. The first-order valence-corrected chi connectivity index (χ1v) is 9.82. The number of thiazole rings is 1. The molecule has 0 aliphatic heterocycles. The molecule has 3 aromatic rings. The molecule has 0 aliphatic carbocycles. The molecule has 0 saturated heterocycles. The van der Waals surface area contributed by atoms with Crippen LogP contribution in [0, 0.1) is 0 Å². The van der Waals surface area contributed by atoms with Crippen molar-refractivity contribution in [1.29, 1.82) is 0 Å². The van der Waals surface area contributed by atoms with E-state index in [4.69, 9.17) is 19.3 Å². The van der Waals surface area contributed by atoms with Crippen LogP contribution >= 0.6 is 11.3 Å². The van der Waals surface area contributed by atoms with Crippen LogP contribution in [0.2, 0.25) is 0 Å². The fraction of sp³-hybridized carbons (Fsp3) is 0.190. The fourth-order valence-electron chi connectivity index (χ4n) is 2.70. The largest absolute Gasteiger partial charge is 0.493 e. The van der Waals surface area contributed by atoms with Crippen molar-refractivity contribution in [3.63, 3.8) is 0 Å². The molecule has 0 saturated carbocycles. The van der Waals surface area contributed by atoms with Crippen molar-refractivity contribution in [3.8, 4) is 27.8 Å². The molecule has 0 aliphatic rings. The summed E-state index contributed by atoms with van der Waals surface area (Å²) in [6.45, 7) is 0.155. The van der Waals surface area contributed by atoms with Gasteiger partial charge in [0.2, 0.25) is 11.5 Å². The average Bonchev–Trinajstić information content (AvgIpc) is 3.26. The van der Waals surface area contributed by atoms with Gasteiger partial charge in [0.25, 0.3) is 0 Å². The van der Waals surface area contributed by atoms with Crippen molar-refractivity contribution in [2.75, 3.05) is 27.4 Å². The highest BCUT2D eigenvalue weighted by Crippen LogP contribution is 2.39. The Morgan fingerprint density at radius 3 is 2.37 bits per heavy atom. The van der Waals surface area contributed by atoms with E-state index in [1.165, 1.54) is 25.6 Å². The SMILES string of the molecule is COc1cc(C(=O)c2csc(-c3ccccc3)n2)cc(OC)c1OCCNC(=O)O. The number of aromatic nitrogens is 1. The predicted octanol–water partition coefficient (Wildman–Crippen LogP) is 3.70. The number of rotatable bonds is 9. The minimum Gasteiger partial charge on any atom is -0.493 e. The first kappa shape index (κ1) is 21.1. The van der Waals surface area contributed by atoms with Crippen LogP contribution in [0.3, 0.4) is 0 Å². The second kappa shape index (κ2) is 9.75. The van der Waals surface area contributed by atoms with E-state index in [2.05, 4.69) is 10.3 Å². The molecule has 3 rings (SSSR count). The van der Waals surface area contributed by atoms with Gasteiger partial charge in [0, 0.05) is 16.5 Å². The van der Waals surface area contributed by atoms with Gasteiger partial charge in [0.15, 0.2) is 11.5 Å². The van der Waals surface area contributed by atoms with Crippen molar-refractivity contribution < 1.29 is 28.9 Å². The van der Waals surface area contributed by atoms with Gasteiger partial charge in [0.05, 0.1) is 20.8 Å². The van der Waals surface area contributed by atoms with Gasteiger partial charge in [-0.2, -0.15) is 0 Å². The Hall–Kier alpha value is -3.59. The first-order valence-electron chi connectivity index (χ1n) is 8.94. The first-order chi connectivity index (χ1) is 14.5. The molecular weight excluding hydrogens is 408 g/mol. The van der Waals surface area contributed by atoms with E-state index < -0.39 is 6.09 Å². The van der Waals surface area contributed by atoms with Crippen molar-refractivity contribution in [1.82, 2.24) is 10.3 Å². The summed E-state index contributed by atoms with van der Waals surface area (Å²) in [6, 6.07) is 12.7. The zero-order chi connectivity index (χ0) is 21.5. The Morgan fingerprint density at radius 2 is 1.77 bits per heavy atom. The summed E-state index contributed by atoms with van der Waals surface area (Å²) >= 11 is 1.39. The van der Waals surface area contributed by atoms with Crippen LogP contribution in [0.4, 0.5) is 4.79 Å². The van der Waals surface area contributed by atoms with Gasteiger partial charge in [-0.3, -0.25) is 4.79 Å². The fourth-order valence-corrected chi connectivity index (χ4v) is 3.51. The van der Waals surface area contributed by atoms with Gasteiger partial charge in [-0.1, -0.05) is 30.3 Å². The van der Waals surface area contributed by atoms with E-state index in [9.17, 15) is 9.59 Å². The molecule has 0 atom stereocenters. The summed E-state index contributed by atoms with van der Waals surface area (Å²) in [5.41, 5.74) is 1.60. The van der Waals surface area contributed by atoms with Gasteiger partial charge in [-0.05, 0) is 12.1 Å². The van der Waals surface area contributed by atoms with Gasteiger partial charge < -0.3 is 24.6 Å². The van der Waals surface area contributed by atoms with Gasteiger partial charge in [-0.25, -0.2) is 9.78 Å². The highest BCUT2D eigenvalue weighted by molar-refractivity contribution is 7.13. The lowest BCUT2D eigenvalue weighted by molar-refractivity contribution is 0.103. The molecule has 8 nitrogen and oxygen atoms in total. The summed E-state index contributed by atoms with van der Waals surface area (Å²) in [5.74, 6) is 0.606. The second-order valence-corrected chi connectivity index (χ2v) is 6.88. The lowest BCUT2D eigenvalue weighted by atomic mass is 10.1. The average molecular weight is 428 g/mol. The highest BCUT2D eigenvalue weighted by atomic mass is 32.1. The molecule has 1 amide bonds. The van der Waals surface area contributed by atoms with Crippen molar-refractivity contribution in [3.05, 3.63) is 59.1 Å². The number of carbonyl (C=O) groups is 2. The molecule has 0 radical (unpaired) electrons. The van der Waals surface area contributed by atoms with E-state index in [1.54, 1.807) is 17.5 Å². The van der Waals surface area contributed by atoms with Crippen LogP contribution in [0.25, 0.3) is 10.6 Å². The van der Waals surface area contributed by atoms with Crippen LogP contribution in [0.1, 0.15) is 16.1 Å². The lowest BCUT2D eigenvalue weighted by Gasteiger charge is -2.15. The summed E-state index contributed by atoms with van der Waals surface area (Å²) in [7, 11) is 2.89. The monoisotopic (exact) mass is 428 g/mol. The number of methoxy groups -OCH3 is 2. The topological polar surface area (TPSA) is 107 Å². The van der Waals surface area contributed by atoms with Gasteiger partial charge >= 0.3 is 6.09 Å². The molecule has 30 heavy (non-hydrogen) atoms. The van der Waals surface area contributed by atoms with E-state index in [-0.39, 0.29) is 24.7 Å². The number of nitrogens with zero attached hydrogens (tertiary/aromatic N) is 1. The zero-order valence-corrected chi connectivity index (χ0v) is 17.2. The Kier molecular flexibility index (Phi) is 6.87. The number of ether oxygens (including phenoxy) is 3. The number of nitrogens with one attached hydrogen (secondary N) is 1. The lowest BCUT2D eigenvalue weighted by Crippen LogP contribution is -2.26. The number of hydrogen-bond acceptors (Lipinski definition) is 7. The van der Waals surface area contributed by atoms with E-state index >= 15 is 0 Å². The van der Waals surface area contributed by atoms with Gasteiger partial charge in [-0.15, -0.1) is 11.3 Å². The maximum Gasteiger partial charge on any atom is 0.404 e. The molecule has 0 bridgehead atoms. The number of carbonyl (C=O) groups excluding carboxylic acids is 1. The highest BCUT2D eigenvalue weighted by Gasteiger charge is 2.20.